The molecule has 0 saturated carbocycles. The fourth-order valence-electron chi connectivity index (χ4n) is 4.02. The summed E-state index contributed by atoms with van der Waals surface area (Å²) in [6.07, 6.45) is 1.79. The summed E-state index contributed by atoms with van der Waals surface area (Å²) in [6.45, 7) is 4.82. The average molecular weight is 468 g/mol. The first-order chi connectivity index (χ1) is 14.7. The third-order valence-electron chi connectivity index (χ3n) is 5.53. The van der Waals surface area contributed by atoms with E-state index >= 15 is 0 Å². The van der Waals surface area contributed by atoms with Crippen molar-refractivity contribution in [1.29, 1.82) is 0 Å². The fraction of sp³-hybridized carbons (Fsp3) is 0.333. The lowest BCUT2D eigenvalue weighted by Gasteiger charge is -2.35. The van der Waals surface area contributed by atoms with Crippen molar-refractivity contribution >= 4 is 27.6 Å². The lowest BCUT2D eigenvalue weighted by Crippen LogP contribution is -2.48. The van der Waals surface area contributed by atoms with Gasteiger partial charge in [0.1, 0.15) is 6.54 Å². The predicted octanol–water partition coefficient (Wildman–Crippen LogP) is 1.89. The summed E-state index contributed by atoms with van der Waals surface area (Å²) in [5.41, 5.74) is 3.71. The molecule has 1 saturated heterocycles. The van der Waals surface area contributed by atoms with E-state index in [4.69, 9.17) is 4.99 Å². The number of hydrogen-bond donors (Lipinski definition) is 1. The van der Waals surface area contributed by atoms with E-state index < -0.39 is 0 Å². The van der Waals surface area contributed by atoms with Gasteiger partial charge in [-0.3, -0.25) is 19.4 Å². The van der Waals surface area contributed by atoms with Gasteiger partial charge in [-0.25, -0.2) is 0 Å². The number of halogens is 1. The monoisotopic (exact) mass is 467 g/mol. The van der Waals surface area contributed by atoms with Crippen LogP contribution in [0, 0.1) is 0 Å². The number of benzene rings is 1. The second-order valence-corrected chi connectivity index (χ2v) is 8.26. The highest BCUT2D eigenvalue weighted by Crippen LogP contribution is 2.30. The number of aliphatic hydroxyl groups is 1. The molecule has 2 aliphatic rings. The smallest absolute Gasteiger partial charge is 0.232 e. The van der Waals surface area contributed by atoms with Crippen LogP contribution in [0.4, 0.5) is 5.95 Å². The quantitative estimate of drug-likeness (QED) is 0.630. The Labute approximate surface area is 183 Å². The number of aliphatic imine (C=N–C) groups is 1. The summed E-state index contributed by atoms with van der Waals surface area (Å²) in [5.74, 6) is 1.66. The molecule has 0 radical (unpaired) electrons. The molecule has 5 rings (SSSR count). The van der Waals surface area contributed by atoms with Crippen molar-refractivity contribution in [2.24, 2.45) is 4.99 Å². The van der Waals surface area contributed by atoms with Gasteiger partial charge in [0, 0.05) is 49.0 Å². The summed E-state index contributed by atoms with van der Waals surface area (Å²) in [6, 6.07) is 12.1. The Balaban J connectivity index is 1.56. The summed E-state index contributed by atoms with van der Waals surface area (Å²) >= 11 is 3.61. The average Bonchev–Trinajstić information content (AvgIpc) is 3.12. The second kappa shape index (κ2) is 8.25. The first kappa shape index (κ1) is 19.3. The Hall–Kier alpha value is -2.62. The van der Waals surface area contributed by atoms with Gasteiger partial charge in [0.25, 0.3) is 0 Å². The van der Waals surface area contributed by atoms with Gasteiger partial charge >= 0.3 is 0 Å². The molecule has 0 spiro atoms. The molecule has 0 bridgehead atoms. The number of β-amino-alcohol motifs (C(OH)–C–C–N with tert-alkyl or cyclic N) is 1. The standard InChI is InChI=1S/C21H22BrN7O/c22-15-4-5-18-16(13-15)20(17-3-1-2-6-23-17)24-14-19-25-26-21(29(18)19)28-9-7-27(8-10-28)11-12-30/h1-6,13,30H,7-12,14H2. The van der Waals surface area contributed by atoms with Crippen LogP contribution in [0.25, 0.3) is 5.69 Å². The van der Waals surface area contributed by atoms with Crippen molar-refractivity contribution < 1.29 is 5.11 Å². The molecule has 9 heteroatoms. The maximum absolute atomic E-state index is 9.20. The number of piperazine rings is 1. The molecule has 4 heterocycles. The molecular formula is C21H22BrN7O. The van der Waals surface area contributed by atoms with Crippen LogP contribution >= 0.6 is 15.9 Å². The van der Waals surface area contributed by atoms with Gasteiger partial charge in [0.05, 0.1) is 23.7 Å². The minimum atomic E-state index is 0.191. The van der Waals surface area contributed by atoms with Gasteiger partial charge < -0.3 is 10.0 Å². The largest absolute Gasteiger partial charge is 0.395 e. The minimum Gasteiger partial charge on any atom is -0.395 e. The van der Waals surface area contributed by atoms with Gasteiger partial charge in [-0.1, -0.05) is 22.0 Å². The molecule has 1 N–H and O–H groups in total. The van der Waals surface area contributed by atoms with Gasteiger partial charge in [-0.05, 0) is 30.3 Å². The van der Waals surface area contributed by atoms with Gasteiger partial charge in [-0.2, -0.15) is 0 Å². The molecule has 154 valence electrons. The van der Waals surface area contributed by atoms with Gasteiger partial charge in [0.15, 0.2) is 5.82 Å². The van der Waals surface area contributed by atoms with Crippen LogP contribution in [-0.2, 0) is 6.54 Å². The third-order valence-corrected chi connectivity index (χ3v) is 6.02. The van der Waals surface area contributed by atoms with Crippen molar-refractivity contribution in [1.82, 2.24) is 24.6 Å². The number of pyridine rings is 1. The van der Waals surface area contributed by atoms with E-state index in [1.54, 1.807) is 6.20 Å². The highest BCUT2D eigenvalue weighted by Gasteiger charge is 2.27. The molecular weight excluding hydrogens is 446 g/mol. The summed E-state index contributed by atoms with van der Waals surface area (Å²) in [4.78, 5) is 13.9. The van der Waals surface area contributed by atoms with Crippen LogP contribution in [0.2, 0.25) is 0 Å². The highest BCUT2D eigenvalue weighted by atomic mass is 79.9. The maximum atomic E-state index is 9.20. The number of hydrogen-bond acceptors (Lipinski definition) is 7. The van der Waals surface area contributed by atoms with Crippen molar-refractivity contribution in [2.45, 2.75) is 6.54 Å². The Morgan fingerprint density at radius 2 is 1.90 bits per heavy atom. The lowest BCUT2D eigenvalue weighted by atomic mass is 10.0. The van der Waals surface area contributed by atoms with Crippen molar-refractivity contribution in [3.63, 3.8) is 0 Å². The number of nitrogens with zero attached hydrogens (tertiary/aromatic N) is 7. The van der Waals surface area contributed by atoms with Crippen LogP contribution in [0.5, 0.6) is 0 Å². The van der Waals surface area contributed by atoms with E-state index in [1.807, 2.05) is 24.3 Å². The van der Waals surface area contributed by atoms with Crippen LogP contribution in [-0.4, -0.2) is 74.8 Å². The molecule has 1 aromatic carbocycles. The number of fused-ring (bicyclic) bond motifs is 3. The zero-order valence-electron chi connectivity index (χ0n) is 16.4. The van der Waals surface area contributed by atoms with Gasteiger partial charge in [-0.15, -0.1) is 10.2 Å². The predicted molar refractivity (Wildman–Crippen MR) is 118 cm³/mol. The zero-order chi connectivity index (χ0) is 20.5. The molecule has 30 heavy (non-hydrogen) atoms. The molecule has 0 aliphatic carbocycles. The van der Waals surface area contributed by atoms with E-state index in [-0.39, 0.29) is 6.61 Å². The summed E-state index contributed by atoms with van der Waals surface area (Å²) < 4.78 is 3.11. The molecule has 0 amide bonds. The minimum absolute atomic E-state index is 0.191. The van der Waals surface area contributed by atoms with Crippen molar-refractivity contribution in [3.8, 4) is 5.69 Å². The van der Waals surface area contributed by atoms with E-state index in [2.05, 4.69) is 57.6 Å². The van der Waals surface area contributed by atoms with Crippen LogP contribution in [0.3, 0.4) is 0 Å². The van der Waals surface area contributed by atoms with E-state index in [0.29, 0.717) is 13.1 Å². The Kier molecular flexibility index (Phi) is 5.32. The second-order valence-electron chi connectivity index (χ2n) is 7.35. The molecule has 2 aromatic heterocycles. The Morgan fingerprint density at radius 1 is 1.03 bits per heavy atom. The van der Waals surface area contributed by atoms with E-state index in [0.717, 1.165) is 65.1 Å². The number of aliphatic hydroxyl groups excluding tert-OH is 1. The van der Waals surface area contributed by atoms with Gasteiger partial charge in [0.2, 0.25) is 5.95 Å². The Bertz CT molecular complexity index is 1070. The number of aromatic nitrogens is 4. The van der Waals surface area contributed by atoms with Crippen LogP contribution < -0.4 is 4.90 Å². The van der Waals surface area contributed by atoms with E-state index in [1.165, 1.54) is 0 Å². The Morgan fingerprint density at radius 3 is 2.67 bits per heavy atom. The number of rotatable bonds is 4. The lowest BCUT2D eigenvalue weighted by molar-refractivity contribution is 0.188. The van der Waals surface area contributed by atoms with Crippen molar-refractivity contribution in [2.75, 3.05) is 44.2 Å². The molecule has 0 unspecified atom stereocenters. The maximum Gasteiger partial charge on any atom is 0.232 e. The first-order valence-electron chi connectivity index (χ1n) is 10.0. The van der Waals surface area contributed by atoms with Crippen LogP contribution in [0.1, 0.15) is 17.1 Å². The molecule has 2 aliphatic heterocycles. The van der Waals surface area contributed by atoms with E-state index in [9.17, 15) is 5.11 Å². The first-order valence-corrected chi connectivity index (χ1v) is 10.8. The number of anilines is 1. The highest BCUT2D eigenvalue weighted by molar-refractivity contribution is 9.10. The fourth-order valence-corrected chi connectivity index (χ4v) is 4.38. The topological polar surface area (TPSA) is 82.7 Å². The van der Waals surface area contributed by atoms with Crippen molar-refractivity contribution in [3.05, 3.63) is 64.1 Å². The summed E-state index contributed by atoms with van der Waals surface area (Å²) in [5, 5.41) is 18.2. The molecule has 8 nitrogen and oxygen atoms in total. The molecule has 1 fully saturated rings. The summed E-state index contributed by atoms with van der Waals surface area (Å²) in [7, 11) is 0. The SMILES string of the molecule is OCCN1CCN(c2nnc3n2-c2ccc(Br)cc2C(c2ccccn2)=NC3)CC1. The molecule has 0 atom stereocenters. The third kappa shape index (κ3) is 3.53. The van der Waals surface area contributed by atoms with Crippen LogP contribution in [0.15, 0.2) is 52.1 Å². The normalized spacial score (nSPS) is 16.6. The zero-order valence-corrected chi connectivity index (χ0v) is 18.0. The molecule has 3 aromatic rings.